The molecule has 1 aromatic heterocycles. The minimum absolute atomic E-state index is 0.0939. The average molecular weight is 400 g/mol. The predicted octanol–water partition coefficient (Wildman–Crippen LogP) is 4.56. The zero-order valence-electron chi connectivity index (χ0n) is 16.5. The largest absolute Gasteiger partial charge is 0.378 e. The first-order valence-electron chi connectivity index (χ1n) is 10.8. The van der Waals surface area contributed by atoms with Gasteiger partial charge in [0.05, 0.1) is 24.9 Å². The van der Waals surface area contributed by atoms with Gasteiger partial charge >= 0.3 is 0 Å². The lowest BCUT2D eigenvalue weighted by atomic mass is 9.98. The Hall–Kier alpha value is -1.53. The molecule has 1 aromatic rings. The molecule has 1 saturated carbocycles. The smallest absolute Gasteiger partial charge is 0.274 e. The molecule has 0 N–H and O–H groups in total. The van der Waals surface area contributed by atoms with E-state index in [1.54, 1.807) is 0 Å². The second-order valence-electron chi connectivity index (χ2n) is 8.22. The van der Waals surface area contributed by atoms with Crippen molar-refractivity contribution >= 4 is 23.2 Å². The molecular weight excluding hydrogens is 370 g/mol. The van der Waals surface area contributed by atoms with Gasteiger partial charge in [0.1, 0.15) is 0 Å². The molecule has 4 aliphatic rings. The highest BCUT2D eigenvalue weighted by molar-refractivity contribution is 8.03. The Morgan fingerprint density at radius 2 is 1.82 bits per heavy atom. The quantitative estimate of drug-likeness (QED) is 0.684. The van der Waals surface area contributed by atoms with Crippen molar-refractivity contribution < 1.29 is 9.53 Å². The Labute approximate surface area is 171 Å². The van der Waals surface area contributed by atoms with E-state index in [0.717, 1.165) is 24.2 Å². The first kappa shape index (κ1) is 18.5. The maximum absolute atomic E-state index is 13.3. The molecule has 2 aliphatic heterocycles. The van der Waals surface area contributed by atoms with Gasteiger partial charge in [-0.2, -0.15) is 5.10 Å². The van der Waals surface area contributed by atoms with Gasteiger partial charge < -0.3 is 9.64 Å². The minimum Gasteiger partial charge on any atom is -0.378 e. The summed E-state index contributed by atoms with van der Waals surface area (Å²) in [5.41, 5.74) is 4.43. The van der Waals surface area contributed by atoms with Gasteiger partial charge in [-0.05, 0) is 25.7 Å². The lowest BCUT2D eigenvalue weighted by molar-refractivity contribution is 0.0297. The van der Waals surface area contributed by atoms with Crippen LogP contribution < -0.4 is 0 Å². The number of aromatic nitrogens is 2. The number of carbonyl (C=O) groups excluding carboxylic acids is 1. The van der Waals surface area contributed by atoms with Gasteiger partial charge in [-0.25, -0.2) is 0 Å². The molecule has 6 heteroatoms. The fourth-order valence-corrected chi connectivity index (χ4v) is 6.04. The van der Waals surface area contributed by atoms with Crippen molar-refractivity contribution in [3.63, 3.8) is 0 Å². The number of rotatable bonds is 2. The van der Waals surface area contributed by atoms with Crippen LogP contribution in [0.4, 0.5) is 0 Å². The summed E-state index contributed by atoms with van der Waals surface area (Å²) >= 11 is 1.88. The summed E-state index contributed by atoms with van der Waals surface area (Å²) in [5, 5.41) is 5.03. The second-order valence-corrected chi connectivity index (χ2v) is 9.24. The molecule has 5 nitrogen and oxygen atoms in total. The Morgan fingerprint density at radius 1 is 1.07 bits per heavy atom. The third kappa shape index (κ3) is 3.35. The van der Waals surface area contributed by atoms with Gasteiger partial charge in [0.15, 0.2) is 5.69 Å². The molecule has 0 aromatic carbocycles. The van der Waals surface area contributed by atoms with Crippen LogP contribution in [0.5, 0.6) is 0 Å². The van der Waals surface area contributed by atoms with E-state index in [0.29, 0.717) is 38.0 Å². The van der Waals surface area contributed by atoms with Gasteiger partial charge in [0.2, 0.25) is 0 Å². The molecule has 3 heterocycles. The molecule has 0 unspecified atom stereocenters. The molecule has 0 bridgehead atoms. The number of nitrogens with zero attached hydrogens (tertiary/aromatic N) is 3. The van der Waals surface area contributed by atoms with Crippen LogP contribution in [0, 0.1) is 0 Å². The van der Waals surface area contributed by atoms with Gasteiger partial charge in [0, 0.05) is 34.9 Å². The number of amides is 1. The Bertz CT molecular complexity index is 812. The van der Waals surface area contributed by atoms with Crippen LogP contribution in [-0.2, 0) is 10.5 Å². The third-order valence-corrected chi connectivity index (χ3v) is 7.55. The van der Waals surface area contributed by atoms with Crippen molar-refractivity contribution in [2.45, 2.75) is 63.2 Å². The second kappa shape index (κ2) is 8.07. The van der Waals surface area contributed by atoms with Gasteiger partial charge in [0.25, 0.3) is 5.91 Å². The van der Waals surface area contributed by atoms with Crippen LogP contribution in [0.2, 0.25) is 0 Å². The maximum atomic E-state index is 13.3. The molecule has 28 heavy (non-hydrogen) atoms. The van der Waals surface area contributed by atoms with Crippen molar-refractivity contribution in [1.82, 2.24) is 14.7 Å². The van der Waals surface area contributed by atoms with Gasteiger partial charge in [-0.15, -0.1) is 11.8 Å². The first-order chi connectivity index (χ1) is 13.8. The predicted molar refractivity (Wildman–Crippen MR) is 112 cm³/mol. The molecule has 2 fully saturated rings. The van der Waals surface area contributed by atoms with Crippen LogP contribution in [0.3, 0.4) is 0 Å². The number of fused-ring (bicyclic) bond motifs is 3. The van der Waals surface area contributed by atoms with Crippen LogP contribution in [0.25, 0.3) is 5.57 Å². The van der Waals surface area contributed by atoms with Crippen molar-refractivity contribution in [2.75, 3.05) is 26.3 Å². The summed E-state index contributed by atoms with van der Waals surface area (Å²) < 4.78 is 7.71. The number of hydrogen-bond acceptors (Lipinski definition) is 4. The molecule has 0 atom stereocenters. The summed E-state index contributed by atoms with van der Waals surface area (Å²) in [6.07, 6.45) is 14.5. The average Bonchev–Trinajstić information content (AvgIpc) is 2.93. The number of ether oxygens (including phenoxy) is 1. The zero-order valence-corrected chi connectivity index (χ0v) is 17.3. The zero-order chi connectivity index (χ0) is 18.9. The van der Waals surface area contributed by atoms with E-state index in [1.165, 1.54) is 54.7 Å². The summed E-state index contributed by atoms with van der Waals surface area (Å²) in [5.74, 6) is 0.952. The maximum Gasteiger partial charge on any atom is 0.274 e. The molecular formula is C22H29N3O2S. The molecule has 5 rings (SSSR count). The molecule has 0 radical (unpaired) electrons. The van der Waals surface area contributed by atoms with Gasteiger partial charge in [-0.3, -0.25) is 9.48 Å². The Balaban J connectivity index is 1.58. The van der Waals surface area contributed by atoms with E-state index in [-0.39, 0.29) is 5.91 Å². The minimum atomic E-state index is 0.0939. The van der Waals surface area contributed by atoms with E-state index in [2.05, 4.69) is 16.8 Å². The number of thioether (sulfide) groups is 1. The van der Waals surface area contributed by atoms with E-state index < -0.39 is 0 Å². The summed E-state index contributed by atoms with van der Waals surface area (Å²) in [7, 11) is 0. The first-order valence-corrected chi connectivity index (χ1v) is 11.8. The fraction of sp³-hybridized carbons (Fsp3) is 0.636. The summed E-state index contributed by atoms with van der Waals surface area (Å²) in [6.45, 7) is 2.60. The molecule has 1 saturated heterocycles. The lowest BCUT2D eigenvalue weighted by Gasteiger charge is -2.27. The van der Waals surface area contributed by atoms with Crippen molar-refractivity contribution in [3.05, 3.63) is 34.0 Å². The normalized spacial score (nSPS) is 23.4. The molecule has 2 aliphatic carbocycles. The van der Waals surface area contributed by atoms with E-state index in [1.807, 2.05) is 16.7 Å². The SMILES string of the molecule is O=C(c1nn(C2CCCCCC2)c2c1CSC1=CCCC=C12)N1CCOCC1. The van der Waals surface area contributed by atoms with Crippen LogP contribution >= 0.6 is 11.8 Å². The standard InChI is InChI=1S/C22H29N3O2S/c26-22(24-11-13-27-14-12-24)20-18-15-28-19-10-6-5-9-17(19)21(18)25(23-20)16-7-3-1-2-4-8-16/h9-10,16H,1-8,11-15H2. The van der Waals surface area contributed by atoms with E-state index >= 15 is 0 Å². The number of morpholine rings is 1. The molecule has 1 amide bonds. The monoisotopic (exact) mass is 399 g/mol. The highest BCUT2D eigenvalue weighted by Gasteiger charge is 2.35. The van der Waals surface area contributed by atoms with Crippen LogP contribution in [0.1, 0.15) is 79.2 Å². The number of hydrogen-bond donors (Lipinski definition) is 0. The number of carbonyl (C=O) groups is 1. The Morgan fingerprint density at radius 3 is 2.61 bits per heavy atom. The van der Waals surface area contributed by atoms with Crippen molar-refractivity contribution in [1.29, 1.82) is 0 Å². The fourth-order valence-electron chi connectivity index (χ4n) is 4.90. The van der Waals surface area contributed by atoms with Crippen LogP contribution in [0.15, 0.2) is 17.1 Å². The lowest BCUT2D eigenvalue weighted by Crippen LogP contribution is -2.41. The topological polar surface area (TPSA) is 47.4 Å². The van der Waals surface area contributed by atoms with E-state index in [9.17, 15) is 4.79 Å². The molecule has 150 valence electrons. The summed E-state index contributed by atoms with van der Waals surface area (Å²) in [4.78, 5) is 16.7. The van der Waals surface area contributed by atoms with Crippen molar-refractivity contribution in [3.8, 4) is 0 Å². The van der Waals surface area contributed by atoms with Crippen molar-refractivity contribution in [2.24, 2.45) is 0 Å². The van der Waals surface area contributed by atoms with Crippen LogP contribution in [-0.4, -0.2) is 46.9 Å². The summed E-state index contributed by atoms with van der Waals surface area (Å²) in [6, 6.07) is 0.426. The number of allylic oxidation sites excluding steroid dienone is 3. The van der Waals surface area contributed by atoms with Gasteiger partial charge in [-0.1, -0.05) is 37.8 Å². The highest BCUT2D eigenvalue weighted by atomic mass is 32.2. The van der Waals surface area contributed by atoms with E-state index in [4.69, 9.17) is 9.84 Å². The third-order valence-electron chi connectivity index (χ3n) is 6.42. The highest BCUT2D eigenvalue weighted by Crippen LogP contribution is 2.46. The Kier molecular flexibility index (Phi) is 5.33. The molecule has 0 spiro atoms.